The number of para-hydroxylation sites is 1. The lowest BCUT2D eigenvalue weighted by atomic mass is 10.3. The van der Waals surface area contributed by atoms with Gasteiger partial charge in [-0.25, -0.2) is 0 Å². The van der Waals surface area contributed by atoms with Crippen molar-refractivity contribution in [3.63, 3.8) is 0 Å². The van der Waals surface area contributed by atoms with E-state index in [0.717, 1.165) is 29.6 Å². The lowest BCUT2D eigenvalue weighted by Gasteiger charge is -2.09. The Balaban J connectivity index is 2.19. The van der Waals surface area contributed by atoms with Gasteiger partial charge in [0.1, 0.15) is 0 Å². The molecule has 0 unspecified atom stereocenters. The zero-order valence-electron chi connectivity index (χ0n) is 11.8. The third-order valence-electron chi connectivity index (χ3n) is 2.45. The second-order valence-electron chi connectivity index (χ2n) is 4.12. The summed E-state index contributed by atoms with van der Waals surface area (Å²) in [4.78, 5) is 13.2. The molecule has 1 aromatic heterocycles. The Morgan fingerprint density at radius 2 is 1.75 bits per heavy atom. The molecule has 1 heterocycles. The number of nitrogens with one attached hydrogen (secondary N) is 2. The highest BCUT2D eigenvalue weighted by Gasteiger charge is 2.06. The number of hydrogen-bond acceptors (Lipinski definition) is 6. The normalized spacial score (nSPS) is 10.3. The fraction of sp³-hybridized carbons (Fsp3) is 0.357. The fourth-order valence-corrected chi connectivity index (χ4v) is 2.13. The number of rotatable bonds is 7. The number of aromatic nitrogens is 3. The summed E-state index contributed by atoms with van der Waals surface area (Å²) < 4.78 is 0. The third kappa shape index (κ3) is 4.38. The van der Waals surface area contributed by atoms with Crippen LogP contribution in [0.3, 0.4) is 0 Å². The molecule has 0 aliphatic heterocycles. The average Bonchev–Trinajstić information content (AvgIpc) is 2.46. The van der Waals surface area contributed by atoms with Crippen molar-refractivity contribution in [2.75, 3.05) is 22.9 Å². The smallest absolute Gasteiger partial charge is 0.233 e. The second kappa shape index (κ2) is 7.69. The van der Waals surface area contributed by atoms with Gasteiger partial charge in [0.05, 0.1) is 0 Å². The van der Waals surface area contributed by atoms with Crippen LogP contribution in [0.5, 0.6) is 0 Å². The maximum absolute atomic E-state index is 4.42. The number of benzene rings is 1. The SMILES string of the molecule is CCCNc1nc(Nc2ccccc2)nc(SCC)n1. The first-order valence-corrected chi connectivity index (χ1v) is 7.75. The Bertz CT molecular complexity index is 532. The minimum Gasteiger partial charge on any atom is -0.354 e. The molecule has 0 aliphatic rings. The highest BCUT2D eigenvalue weighted by atomic mass is 32.2. The highest BCUT2D eigenvalue weighted by Crippen LogP contribution is 2.18. The van der Waals surface area contributed by atoms with Crippen molar-refractivity contribution >= 4 is 29.3 Å². The molecule has 0 saturated heterocycles. The molecule has 0 aliphatic carbocycles. The molecule has 1 aromatic carbocycles. The molecule has 0 radical (unpaired) electrons. The van der Waals surface area contributed by atoms with E-state index in [9.17, 15) is 0 Å². The lowest BCUT2D eigenvalue weighted by Crippen LogP contribution is -2.08. The topological polar surface area (TPSA) is 62.7 Å². The summed E-state index contributed by atoms with van der Waals surface area (Å²) in [6.45, 7) is 5.04. The molecular weight excluding hydrogens is 270 g/mol. The summed E-state index contributed by atoms with van der Waals surface area (Å²) in [5.41, 5.74) is 0.965. The maximum atomic E-state index is 4.42. The Hall–Kier alpha value is -1.82. The predicted molar refractivity (Wildman–Crippen MR) is 84.7 cm³/mol. The third-order valence-corrected chi connectivity index (χ3v) is 3.18. The summed E-state index contributed by atoms with van der Waals surface area (Å²) in [7, 11) is 0. The van der Waals surface area contributed by atoms with Crippen molar-refractivity contribution in [2.24, 2.45) is 0 Å². The van der Waals surface area contributed by atoms with Gasteiger partial charge in [-0.15, -0.1) is 0 Å². The number of anilines is 3. The number of nitrogens with zero attached hydrogens (tertiary/aromatic N) is 3. The van der Waals surface area contributed by atoms with Gasteiger partial charge in [0.15, 0.2) is 5.16 Å². The van der Waals surface area contributed by atoms with Gasteiger partial charge >= 0.3 is 0 Å². The summed E-state index contributed by atoms with van der Waals surface area (Å²) in [6.07, 6.45) is 1.03. The van der Waals surface area contributed by atoms with Crippen LogP contribution in [0.15, 0.2) is 35.5 Å². The molecule has 0 spiro atoms. The van der Waals surface area contributed by atoms with Crippen molar-refractivity contribution in [3.05, 3.63) is 30.3 Å². The van der Waals surface area contributed by atoms with Crippen LogP contribution in [0.2, 0.25) is 0 Å². The predicted octanol–water partition coefficient (Wildman–Crippen LogP) is 3.55. The van der Waals surface area contributed by atoms with Crippen molar-refractivity contribution in [1.82, 2.24) is 15.0 Å². The van der Waals surface area contributed by atoms with Crippen molar-refractivity contribution in [2.45, 2.75) is 25.4 Å². The quantitative estimate of drug-likeness (QED) is 0.760. The van der Waals surface area contributed by atoms with Gasteiger partial charge in [-0.3, -0.25) is 0 Å². The molecule has 2 rings (SSSR count). The monoisotopic (exact) mass is 289 g/mol. The van der Waals surface area contributed by atoms with Crippen molar-refractivity contribution in [1.29, 1.82) is 0 Å². The van der Waals surface area contributed by atoms with E-state index < -0.39 is 0 Å². The molecule has 20 heavy (non-hydrogen) atoms. The van der Waals surface area contributed by atoms with Gasteiger partial charge < -0.3 is 10.6 Å². The molecule has 0 saturated carbocycles. The molecule has 6 heteroatoms. The van der Waals surface area contributed by atoms with Gasteiger partial charge in [0.2, 0.25) is 11.9 Å². The standard InChI is InChI=1S/C14H19N5S/c1-3-10-15-12-17-13(19-14(18-12)20-4-2)16-11-8-6-5-7-9-11/h5-9H,3-4,10H2,1-2H3,(H2,15,16,17,18,19). The molecule has 0 fully saturated rings. The van der Waals surface area contributed by atoms with Gasteiger partial charge in [0, 0.05) is 12.2 Å². The van der Waals surface area contributed by atoms with E-state index in [1.54, 1.807) is 11.8 Å². The first-order chi connectivity index (χ1) is 9.81. The van der Waals surface area contributed by atoms with Crippen molar-refractivity contribution in [3.8, 4) is 0 Å². The van der Waals surface area contributed by atoms with E-state index in [4.69, 9.17) is 0 Å². The summed E-state index contributed by atoms with van der Waals surface area (Å²) in [5.74, 6) is 2.12. The summed E-state index contributed by atoms with van der Waals surface area (Å²) in [5, 5.41) is 7.14. The zero-order chi connectivity index (χ0) is 14.2. The molecule has 2 N–H and O–H groups in total. The fourth-order valence-electron chi connectivity index (χ4n) is 1.57. The average molecular weight is 289 g/mol. The van der Waals surface area contributed by atoms with Crippen LogP contribution in [0, 0.1) is 0 Å². The van der Waals surface area contributed by atoms with E-state index >= 15 is 0 Å². The van der Waals surface area contributed by atoms with Gasteiger partial charge in [0.25, 0.3) is 0 Å². The van der Waals surface area contributed by atoms with E-state index in [0.29, 0.717) is 11.9 Å². The van der Waals surface area contributed by atoms with E-state index in [-0.39, 0.29) is 0 Å². The van der Waals surface area contributed by atoms with Crippen LogP contribution in [0.4, 0.5) is 17.6 Å². The molecule has 106 valence electrons. The first-order valence-electron chi connectivity index (χ1n) is 6.76. The van der Waals surface area contributed by atoms with Crippen LogP contribution >= 0.6 is 11.8 Å². The minimum atomic E-state index is 0.570. The van der Waals surface area contributed by atoms with Crippen LogP contribution in [0.1, 0.15) is 20.3 Å². The van der Waals surface area contributed by atoms with Crippen LogP contribution in [-0.4, -0.2) is 27.2 Å². The van der Waals surface area contributed by atoms with Gasteiger partial charge in [-0.2, -0.15) is 15.0 Å². The van der Waals surface area contributed by atoms with Crippen molar-refractivity contribution < 1.29 is 0 Å². The van der Waals surface area contributed by atoms with Crippen LogP contribution in [-0.2, 0) is 0 Å². The number of hydrogen-bond donors (Lipinski definition) is 2. The lowest BCUT2D eigenvalue weighted by molar-refractivity contribution is 0.884. The maximum Gasteiger partial charge on any atom is 0.233 e. The minimum absolute atomic E-state index is 0.570. The molecule has 0 amide bonds. The molecule has 2 aromatic rings. The zero-order valence-corrected chi connectivity index (χ0v) is 12.6. The Kier molecular flexibility index (Phi) is 5.61. The van der Waals surface area contributed by atoms with E-state index in [1.807, 2.05) is 30.3 Å². The number of thioether (sulfide) groups is 1. The Morgan fingerprint density at radius 1 is 1.00 bits per heavy atom. The second-order valence-corrected chi connectivity index (χ2v) is 5.35. The Labute approximate surface area is 123 Å². The summed E-state index contributed by atoms with van der Waals surface area (Å²) in [6, 6.07) is 9.89. The Morgan fingerprint density at radius 3 is 2.45 bits per heavy atom. The van der Waals surface area contributed by atoms with Gasteiger partial charge in [-0.05, 0) is 24.3 Å². The largest absolute Gasteiger partial charge is 0.354 e. The van der Waals surface area contributed by atoms with Crippen LogP contribution < -0.4 is 10.6 Å². The first kappa shape index (κ1) is 14.6. The highest BCUT2D eigenvalue weighted by molar-refractivity contribution is 7.99. The van der Waals surface area contributed by atoms with Gasteiger partial charge in [-0.1, -0.05) is 43.8 Å². The molecule has 0 atom stereocenters. The molecular formula is C14H19N5S. The molecule has 5 nitrogen and oxygen atoms in total. The van der Waals surface area contributed by atoms with E-state index in [2.05, 4.69) is 39.4 Å². The van der Waals surface area contributed by atoms with E-state index in [1.165, 1.54) is 0 Å². The molecule has 0 bridgehead atoms. The van der Waals surface area contributed by atoms with Crippen LogP contribution in [0.25, 0.3) is 0 Å². The summed E-state index contributed by atoms with van der Waals surface area (Å²) >= 11 is 1.61.